The van der Waals surface area contributed by atoms with E-state index in [1.807, 2.05) is 0 Å². The van der Waals surface area contributed by atoms with Gasteiger partial charge in [0.15, 0.2) is 0 Å². The van der Waals surface area contributed by atoms with Crippen LogP contribution in [0, 0.1) is 0 Å². The van der Waals surface area contributed by atoms with Gasteiger partial charge in [-0.2, -0.15) is 0 Å². The van der Waals surface area contributed by atoms with Gasteiger partial charge in [0.2, 0.25) is 5.89 Å². The molecule has 3 aromatic rings. The van der Waals surface area contributed by atoms with Crippen molar-refractivity contribution in [2.24, 2.45) is 0 Å². The summed E-state index contributed by atoms with van der Waals surface area (Å²) in [5.41, 5.74) is 2.21. The molecule has 0 fully saturated rings. The Bertz CT molecular complexity index is 799. The van der Waals surface area contributed by atoms with E-state index in [1.54, 1.807) is 0 Å². The van der Waals surface area contributed by atoms with E-state index in [1.165, 1.54) is 10.9 Å². The number of rotatable bonds is 7. The van der Waals surface area contributed by atoms with Crippen LogP contribution < -0.4 is 0 Å². The molecule has 0 amide bonds. The summed E-state index contributed by atoms with van der Waals surface area (Å²) in [6.07, 6.45) is 0. The predicted molar refractivity (Wildman–Crippen MR) is 97.1 cm³/mol. The zero-order chi connectivity index (χ0) is 17.1. The Morgan fingerprint density at radius 3 is 2.54 bits per heavy atom. The lowest BCUT2D eigenvalue weighted by atomic mass is 10.2. The van der Waals surface area contributed by atoms with E-state index >= 15 is 0 Å². The van der Waals surface area contributed by atoms with Gasteiger partial charge in [-0.25, -0.2) is 0 Å². The van der Waals surface area contributed by atoms with E-state index in [-0.39, 0.29) is 5.92 Å². The maximum Gasteiger partial charge on any atom is 0.264 e. The lowest BCUT2D eigenvalue weighted by Gasteiger charge is -2.19. The number of para-hydroxylation sites is 1. The summed E-state index contributed by atoms with van der Waals surface area (Å²) in [7, 11) is 0. The van der Waals surface area contributed by atoms with Gasteiger partial charge < -0.3 is 13.9 Å². The average molecular weight is 326 g/mol. The molecule has 5 nitrogen and oxygen atoms in total. The summed E-state index contributed by atoms with van der Waals surface area (Å²) in [5.74, 6) is 1.53. The zero-order valence-corrected chi connectivity index (χ0v) is 15.0. The van der Waals surface area contributed by atoms with Crippen LogP contribution in [-0.2, 0) is 6.54 Å². The standard InChI is InChI=1S/C19H26N4O/c1-5-22(6-2)11-12-23-16-10-8-7-9-15(16)13-17(23)19-21-20-18(24-19)14(3)4/h7-10,13-14H,5-6,11-12H2,1-4H3. The molecule has 0 atom stereocenters. The van der Waals surface area contributed by atoms with Crippen LogP contribution in [0.2, 0.25) is 0 Å². The van der Waals surface area contributed by atoms with Crippen LogP contribution in [0.15, 0.2) is 34.7 Å². The van der Waals surface area contributed by atoms with Gasteiger partial charge in [-0.15, -0.1) is 10.2 Å². The summed E-state index contributed by atoms with van der Waals surface area (Å²) in [6.45, 7) is 12.6. The molecule has 128 valence electrons. The highest BCUT2D eigenvalue weighted by Crippen LogP contribution is 2.28. The van der Waals surface area contributed by atoms with Crippen LogP contribution in [-0.4, -0.2) is 39.3 Å². The molecule has 0 aliphatic heterocycles. The third-order valence-electron chi connectivity index (χ3n) is 4.50. The number of nitrogens with zero attached hydrogens (tertiary/aromatic N) is 4. The Morgan fingerprint density at radius 2 is 1.88 bits per heavy atom. The summed E-state index contributed by atoms with van der Waals surface area (Å²) in [6, 6.07) is 10.6. The average Bonchev–Trinajstić information content (AvgIpc) is 3.20. The summed E-state index contributed by atoms with van der Waals surface area (Å²) < 4.78 is 8.20. The summed E-state index contributed by atoms with van der Waals surface area (Å²) in [4.78, 5) is 2.42. The SMILES string of the molecule is CCN(CC)CCn1c(-c2nnc(C(C)C)o2)cc2ccccc21. The van der Waals surface area contributed by atoms with Gasteiger partial charge in [-0.1, -0.05) is 45.9 Å². The van der Waals surface area contributed by atoms with E-state index < -0.39 is 0 Å². The van der Waals surface area contributed by atoms with Crippen molar-refractivity contribution in [1.29, 1.82) is 0 Å². The van der Waals surface area contributed by atoms with Gasteiger partial charge in [0.1, 0.15) is 5.69 Å². The molecule has 0 aliphatic carbocycles. The smallest absolute Gasteiger partial charge is 0.264 e. The first-order chi connectivity index (χ1) is 11.6. The van der Waals surface area contributed by atoms with Crippen LogP contribution in [0.25, 0.3) is 22.5 Å². The molecule has 5 heteroatoms. The minimum Gasteiger partial charge on any atom is -0.419 e. The van der Waals surface area contributed by atoms with Gasteiger partial charge in [-0.05, 0) is 25.2 Å². The third kappa shape index (κ3) is 3.22. The Labute approximate surface area is 143 Å². The highest BCUT2D eigenvalue weighted by atomic mass is 16.4. The molecule has 0 saturated carbocycles. The number of likely N-dealkylation sites (N-methyl/N-ethyl adjacent to an activating group) is 1. The second-order valence-electron chi connectivity index (χ2n) is 6.37. The minimum atomic E-state index is 0.236. The molecule has 1 aromatic carbocycles. The van der Waals surface area contributed by atoms with Crippen molar-refractivity contribution >= 4 is 10.9 Å². The first kappa shape index (κ1) is 16.7. The van der Waals surface area contributed by atoms with Gasteiger partial charge in [0, 0.05) is 29.9 Å². The third-order valence-corrected chi connectivity index (χ3v) is 4.50. The largest absolute Gasteiger partial charge is 0.419 e. The second kappa shape index (κ2) is 7.18. The molecule has 0 spiro atoms. The number of benzene rings is 1. The minimum absolute atomic E-state index is 0.236. The van der Waals surface area contributed by atoms with E-state index in [0.717, 1.165) is 31.9 Å². The Kier molecular flexibility index (Phi) is 5.00. The van der Waals surface area contributed by atoms with Crippen LogP contribution >= 0.6 is 0 Å². The van der Waals surface area contributed by atoms with E-state index in [2.05, 4.69) is 77.7 Å². The van der Waals surface area contributed by atoms with Gasteiger partial charge >= 0.3 is 0 Å². The highest BCUT2D eigenvalue weighted by molar-refractivity contribution is 5.85. The van der Waals surface area contributed by atoms with Crippen LogP contribution in [0.1, 0.15) is 39.5 Å². The summed E-state index contributed by atoms with van der Waals surface area (Å²) >= 11 is 0. The molecule has 0 N–H and O–H groups in total. The fourth-order valence-electron chi connectivity index (χ4n) is 2.98. The monoisotopic (exact) mass is 326 g/mol. The second-order valence-corrected chi connectivity index (χ2v) is 6.37. The summed E-state index contributed by atoms with van der Waals surface area (Å²) in [5, 5.41) is 9.68. The first-order valence-corrected chi connectivity index (χ1v) is 8.78. The lowest BCUT2D eigenvalue weighted by Crippen LogP contribution is -2.27. The van der Waals surface area contributed by atoms with Crippen LogP contribution in [0.3, 0.4) is 0 Å². The van der Waals surface area contributed by atoms with Gasteiger partial charge in [-0.3, -0.25) is 0 Å². The topological polar surface area (TPSA) is 47.1 Å². The number of aromatic nitrogens is 3. The molecule has 24 heavy (non-hydrogen) atoms. The molecular formula is C19H26N4O. The van der Waals surface area contributed by atoms with Crippen molar-refractivity contribution < 1.29 is 4.42 Å². The molecule has 0 bridgehead atoms. The van der Waals surface area contributed by atoms with Crippen molar-refractivity contribution in [1.82, 2.24) is 19.7 Å². The molecule has 2 aromatic heterocycles. The maximum absolute atomic E-state index is 5.90. The number of fused-ring (bicyclic) bond motifs is 1. The van der Waals surface area contributed by atoms with Gasteiger partial charge in [0.25, 0.3) is 5.89 Å². The predicted octanol–water partition coefficient (Wildman–Crippen LogP) is 4.16. The zero-order valence-electron chi connectivity index (χ0n) is 15.0. The first-order valence-electron chi connectivity index (χ1n) is 8.78. The van der Waals surface area contributed by atoms with Crippen molar-refractivity contribution in [2.45, 2.75) is 40.2 Å². The van der Waals surface area contributed by atoms with Crippen molar-refractivity contribution in [3.63, 3.8) is 0 Å². The fraction of sp³-hybridized carbons (Fsp3) is 0.474. The molecule has 0 radical (unpaired) electrons. The number of hydrogen-bond acceptors (Lipinski definition) is 4. The van der Waals surface area contributed by atoms with E-state index in [4.69, 9.17) is 4.42 Å². The number of hydrogen-bond donors (Lipinski definition) is 0. The van der Waals surface area contributed by atoms with Crippen molar-refractivity contribution in [3.05, 3.63) is 36.2 Å². The van der Waals surface area contributed by atoms with Crippen LogP contribution in [0.5, 0.6) is 0 Å². The van der Waals surface area contributed by atoms with Crippen LogP contribution in [0.4, 0.5) is 0 Å². The van der Waals surface area contributed by atoms with E-state index in [0.29, 0.717) is 11.8 Å². The normalized spacial score (nSPS) is 11.9. The van der Waals surface area contributed by atoms with Crippen molar-refractivity contribution in [3.8, 4) is 11.6 Å². The molecule has 2 heterocycles. The Hall–Kier alpha value is -2.14. The van der Waals surface area contributed by atoms with Crippen molar-refractivity contribution in [2.75, 3.05) is 19.6 Å². The molecular weight excluding hydrogens is 300 g/mol. The quantitative estimate of drug-likeness (QED) is 0.654. The lowest BCUT2D eigenvalue weighted by molar-refractivity contribution is 0.292. The molecule has 0 aliphatic rings. The molecule has 3 rings (SSSR count). The van der Waals surface area contributed by atoms with Gasteiger partial charge in [0.05, 0.1) is 0 Å². The Morgan fingerprint density at radius 1 is 1.12 bits per heavy atom. The molecule has 0 saturated heterocycles. The molecule has 0 unspecified atom stereocenters. The highest BCUT2D eigenvalue weighted by Gasteiger charge is 2.17. The maximum atomic E-state index is 5.90. The fourth-order valence-corrected chi connectivity index (χ4v) is 2.98. The Balaban J connectivity index is 2.00. The van der Waals surface area contributed by atoms with E-state index in [9.17, 15) is 0 Å².